The Kier molecular flexibility index (Phi) is 2.99. The second kappa shape index (κ2) is 4.99. The van der Waals surface area contributed by atoms with E-state index in [2.05, 4.69) is 51.4 Å². The first-order valence-corrected chi connectivity index (χ1v) is 7.79. The van der Waals surface area contributed by atoms with Crippen molar-refractivity contribution in [1.82, 2.24) is 15.0 Å². The summed E-state index contributed by atoms with van der Waals surface area (Å²) in [6.07, 6.45) is 11.0. The second-order valence-electron chi connectivity index (χ2n) is 6.17. The fraction of sp³-hybridized carbons (Fsp3) is 0.333. The molecule has 0 saturated heterocycles. The molecule has 0 spiro atoms. The summed E-state index contributed by atoms with van der Waals surface area (Å²) in [5.41, 5.74) is 4.13. The van der Waals surface area contributed by atoms with E-state index in [9.17, 15) is 0 Å². The van der Waals surface area contributed by atoms with Gasteiger partial charge in [-0.1, -0.05) is 6.42 Å². The summed E-state index contributed by atoms with van der Waals surface area (Å²) in [4.78, 5) is 10.4. The lowest BCUT2D eigenvalue weighted by Crippen LogP contribution is -2.34. The largest absolute Gasteiger partial charge is 0.365 e. The molecule has 0 aliphatic heterocycles. The number of hydrogen-bond donors (Lipinski definition) is 3. The highest BCUT2D eigenvalue weighted by molar-refractivity contribution is 5.34. The van der Waals surface area contributed by atoms with Gasteiger partial charge in [0.25, 0.3) is 0 Å². The predicted molar refractivity (Wildman–Crippen MR) is 84.4 cm³/mol. The van der Waals surface area contributed by atoms with Crippen LogP contribution in [0, 0.1) is 0 Å². The summed E-state index contributed by atoms with van der Waals surface area (Å²) in [6.45, 7) is 0. The van der Waals surface area contributed by atoms with Gasteiger partial charge in [-0.05, 0) is 55.7 Å². The van der Waals surface area contributed by atoms with Gasteiger partial charge in [0.2, 0.25) is 0 Å². The van der Waals surface area contributed by atoms with Crippen molar-refractivity contribution in [2.45, 2.75) is 37.0 Å². The van der Waals surface area contributed by atoms with Crippen molar-refractivity contribution in [3.05, 3.63) is 72.1 Å². The molecular weight excluding hydrogens is 258 g/mol. The molecule has 3 aromatic rings. The van der Waals surface area contributed by atoms with Crippen LogP contribution in [0.25, 0.3) is 0 Å². The molecule has 1 saturated carbocycles. The van der Waals surface area contributed by atoms with E-state index in [1.165, 1.54) is 36.3 Å². The lowest BCUT2D eigenvalue weighted by Gasteiger charge is -2.40. The standard InChI is InChI=1S/C18H21N3/c1-5-14(15-6-2-10-19-15)13-18(9-1,16-7-3-11-20-16)17-8-4-12-21-17/h2-4,6-8,10-12,14,19-21H,1,5,9,13H2. The molecule has 3 N–H and O–H groups in total. The maximum atomic E-state index is 3.47. The molecular formula is C18H21N3. The summed E-state index contributed by atoms with van der Waals surface area (Å²) < 4.78 is 0. The maximum absolute atomic E-state index is 3.47. The fourth-order valence-electron chi connectivity index (χ4n) is 4.03. The minimum Gasteiger partial charge on any atom is -0.365 e. The quantitative estimate of drug-likeness (QED) is 0.639. The van der Waals surface area contributed by atoms with Crippen LogP contribution in [0.4, 0.5) is 0 Å². The highest BCUT2D eigenvalue weighted by Crippen LogP contribution is 2.48. The zero-order valence-electron chi connectivity index (χ0n) is 12.1. The molecule has 1 aliphatic rings. The molecule has 0 aromatic carbocycles. The minimum atomic E-state index is 0.0844. The minimum absolute atomic E-state index is 0.0844. The average molecular weight is 279 g/mol. The Bertz CT molecular complexity index is 628. The molecule has 1 aliphatic carbocycles. The zero-order valence-corrected chi connectivity index (χ0v) is 12.1. The van der Waals surface area contributed by atoms with E-state index in [1.54, 1.807) is 0 Å². The van der Waals surface area contributed by atoms with Crippen molar-refractivity contribution >= 4 is 0 Å². The summed E-state index contributed by atoms with van der Waals surface area (Å²) >= 11 is 0. The monoisotopic (exact) mass is 279 g/mol. The molecule has 0 radical (unpaired) electrons. The topological polar surface area (TPSA) is 47.4 Å². The van der Waals surface area contributed by atoms with Crippen LogP contribution >= 0.6 is 0 Å². The van der Waals surface area contributed by atoms with Crippen LogP contribution in [0.3, 0.4) is 0 Å². The van der Waals surface area contributed by atoms with Crippen LogP contribution in [0.5, 0.6) is 0 Å². The summed E-state index contributed by atoms with van der Waals surface area (Å²) in [7, 11) is 0. The second-order valence-corrected chi connectivity index (χ2v) is 6.17. The van der Waals surface area contributed by atoms with Crippen molar-refractivity contribution in [3.8, 4) is 0 Å². The summed E-state index contributed by atoms with van der Waals surface area (Å²) in [5, 5.41) is 0. The first-order chi connectivity index (χ1) is 10.4. The van der Waals surface area contributed by atoms with Crippen LogP contribution < -0.4 is 0 Å². The first-order valence-electron chi connectivity index (χ1n) is 7.79. The molecule has 108 valence electrons. The molecule has 3 heteroatoms. The molecule has 4 rings (SSSR count). The predicted octanol–water partition coefficient (Wildman–Crippen LogP) is 4.31. The molecule has 0 bridgehead atoms. The van der Waals surface area contributed by atoms with E-state index in [-0.39, 0.29) is 5.41 Å². The van der Waals surface area contributed by atoms with Gasteiger partial charge in [0.15, 0.2) is 0 Å². The molecule has 21 heavy (non-hydrogen) atoms. The number of H-pyrrole nitrogens is 3. The lowest BCUT2D eigenvalue weighted by atomic mass is 9.65. The Morgan fingerprint density at radius 3 is 2.10 bits per heavy atom. The lowest BCUT2D eigenvalue weighted by molar-refractivity contribution is 0.297. The van der Waals surface area contributed by atoms with Crippen LogP contribution in [-0.4, -0.2) is 15.0 Å². The van der Waals surface area contributed by atoms with E-state index in [4.69, 9.17) is 0 Å². The van der Waals surface area contributed by atoms with Crippen molar-refractivity contribution in [2.75, 3.05) is 0 Å². The van der Waals surface area contributed by atoms with E-state index in [0.29, 0.717) is 5.92 Å². The molecule has 3 nitrogen and oxygen atoms in total. The third kappa shape index (κ3) is 2.04. The highest BCUT2D eigenvalue weighted by atomic mass is 14.8. The Balaban J connectivity index is 1.77. The van der Waals surface area contributed by atoms with E-state index >= 15 is 0 Å². The van der Waals surface area contributed by atoms with Gasteiger partial charge in [0, 0.05) is 41.6 Å². The Labute approximate surface area is 124 Å². The Morgan fingerprint density at radius 1 is 0.857 bits per heavy atom. The molecule has 3 aromatic heterocycles. The van der Waals surface area contributed by atoms with Gasteiger partial charge < -0.3 is 15.0 Å². The third-order valence-electron chi connectivity index (χ3n) is 5.04. The van der Waals surface area contributed by atoms with Crippen LogP contribution in [-0.2, 0) is 5.41 Å². The molecule has 1 atom stereocenters. The third-order valence-corrected chi connectivity index (χ3v) is 5.04. The van der Waals surface area contributed by atoms with Gasteiger partial charge in [-0.15, -0.1) is 0 Å². The number of hydrogen-bond acceptors (Lipinski definition) is 0. The summed E-state index contributed by atoms with van der Waals surface area (Å²) in [6, 6.07) is 13.0. The Morgan fingerprint density at radius 2 is 1.52 bits per heavy atom. The van der Waals surface area contributed by atoms with Crippen molar-refractivity contribution in [2.24, 2.45) is 0 Å². The molecule has 1 unspecified atom stereocenters. The van der Waals surface area contributed by atoms with E-state index in [0.717, 1.165) is 6.42 Å². The van der Waals surface area contributed by atoms with Crippen LogP contribution in [0.2, 0.25) is 0 Å². The SMILES string of the molecule is c1c[nH]c(C2CCCC(c3ccc[nH]3)(c3ccc[nH]3)C2)c1. The number of aromatic nitrogens is 3. The van der Waals surface area contributed by atoms with Crippen LogP contribution in [0.15, 0.2) is 55.0 Å². The van der Waals surface area contributed by atoms with Crippen LogP contribution in [0.1, 0.15) is 48.7 Å². The Hall–Kier alpha value is -2.16. The van der Waals surface area contributed by atoms with Gasteiger partial charge in [-0.3, -0.25) is 0 Å². The molecule has 3 heterocycles. The van der Waals surface area contributed by atoms with E-state index in [1.807, 2.05) is 18.6 Å². The zero-order chi connectivity index (χ0) is 14.1. The molecule has 1 fully saturated rings. The first kappa shape index (κ1) is 12.6. The highest BCUT2D eigenvalue weighted by Gasteiger charge is 2.41. The fourth-order valence-corrected chi connectivity index (χ4v) is 4.03. The van der Waals surface area contributed by atoms with Crippen molar-refractivity contribution in [3.63, 3.8) is 0 Å². The number of rotatable bonds is 3. The molecule has 0 amide bonds. The number of aromatic amines is 3. The smallest absolute Gasteiger partial charge is 0.0509 e. The van der Waals surface area contributed by atoms with Gasteiger partial charge in [0.1, 0.15) is 0 Å². The van der Waals surface area contributed by atoms with Gasteiger partial charge in [-0.2, -0.15) is 0 Å². The van der Waals surface area contributed by atoms with Crippen molar-refractivity contribution < 1.29 is 0 Å². The average Bonchev–Trinajstić information content (AvgIpc) is 3.30. The van der Waals surface area contributed by atoms with Gasteiger partial charge >= 0.3 is 0 Å². The summed E-state index contributed by atoms with van der Waals surface area (Å²) in [5.74, 6) is 0.598. The van der Waals surface area contributed by atoms with Crippen molar-refractivity contribution in [1.29, 1.82) is 0 Å². The van der Waals surface area contributed by atoms with Gasteiger partial charge in [-0.25, -0.2) is 0 Å². The normalized spacial score (nSPS) is 21.4. The van der Waals surface area contributed by atoms with Gasteiger partial charge in [0.05, 0.1) is 5.41 Å². The number of nitrogens with one attached hydrogen (secondary N) is 3. The van der Waals surface area contributed by atoms with E-state index < -0.39 is 0 Å². The maximum Gasteiger partial charge on any atom is 0.0509 e.